The largest absolute Gasteiger partial charge is 0.494 e. The first-order valence-corrected chi connectivity index (χ1v) is 7.69. The van der Waals surface area contributed by atoms with E-state index in [-0.39, 0.29) is 5.91 Å². The second-order valence-corrected chi connectivity index (χ2v) is 5.71. The van der Waals surface area contributed by atoms with Gasteiger partial charge in [0.2, 0.25) is 0 Å². The monoisotopic (exact) mass is 275 g/mol. The number of carbonyl (C=O) groups is 1. The van der Waals surface area contributed by atoms with E-state index < -0.39 is 0 Å². The molecule has 1 aliphatic heterocycles. The minimum atomic E-state index is 0.145. The molecule has 0 spiro atoms. The highest BCUT2D eigenvalue weighted by molar-refractivity contribution is 5.94. The highest BCUT2D eigenvalue weighted by Gasteiger charge is 2.29. The van der Waals surface area contributed by atoms with Crippen LogP contribution < -0.4 is 4.74 Å². The molecular formula is C17H25NO2. The molecule has 3 heteroatoms. The average molecular weight is 275 g/mol. The molecule has 0 N–H and O–H groups in total. The zero-order valence-corrected chi connectivity index (χ0v) is 12.8. The highest BCUT2D eigenvalue weighted by Crippen LogP contribution is 2.25. The predicted molar refractivity (Wildman–Crippen MR) is 81.2 cm³/mol. The Hall–Kier alpha value is -1.51. The summed E-state index contributed by atoms with van der Waals surface area (Å²) in [5.74, 6) is 0.981. The van der Waals surface area contributed by atoms with Crippen molar-refractivity contribution in [3.05, 3.63) is 29.8 Å². The van der Waals surface area contributed by atoms with Crippen LogP contribution in [0.4, 0.5) is 0 Å². The quantitative estimate of drug-likeness (QED) is 0.834. The van der Waals surface area contributed by atoms with Crippen molar-refractivity contribution < 1.29 is 9.53 Å². The number of piperidine rings is 1. The van der Waals surface area contributed by atoms with E-state index in [2.05, 4.69) is 20.8 Å². The maximum absolute atomic E-state index is 12.6. The van der Waals surface area contributed by atoms with Crippen molar-refractivity contribution in [2.75, 3.05) is 6.61 Å². The molecule has 2 atom stereocenters. The summed E-state index contributed by atoms with van der Waals surface area (Å²) in [6, 6.07) is 8.21. The fraction of sp³-hybridized carbons (Fsp3) is 0.588. The second-order valence-electron chi connectivity index (χ2n) is 5.71. The summed E-state index contributed by atoms with van der Waals surface area (Å²) >= 11 is 0. The molecule has 1 saturated heterocycles. The lowest BCUT2D eigenvalue weighted by molar-refractivity contribution is 0.0511. The van der Waals surface area contributed by atoms with Gasteiger partial charge in [-0.05, 0) is 63.8 Å². The summed E-state index contributed by atoms with van der Waals surface area (Å²) in [6.07, 6.45) is 4.42. The smallest absolute Gasteiger partial charge is 0.254 e. The Morgan fingerprint density at radius 1 is 1.20 bits per heavy atom. The second kappa shape index (κ2) is 6.78. The number of nitrogens with zero attached hydrogens (tertiary/aromatic N) is 1. The predicted octanol–water partition coefficient (Wildman–Crippen LogP) is 3.88. The first-order chi connectivity index (χ1) is 9.63. The van der Waals surface area contributed by atoms with Gasteiger partial charge in [0, 0.05) is 17.6 Å². The van der Waals surface area contributed by atoms with Crippen LogP contribution in [-0.2, 0) is 0 Å². The number of hydrogen-bond donors (Lipinski definition) is 0. The SMILES string of the molecule is CCCOc1ccc(C(=O)N2C(C)CCCC2C)cc1. The van der Waals surface area contributed by atoms with Crippen LogP contribution >= 0.6 is 0 Å². The Balaban J connectivity index is 2.08. The number of rotatable bonds is 4. The summed E-state index contributed by atoms with van der Waals surface area (Å²) < 4.78 is 5.55. The summed E-state index contributed by atoms with van der Waals surface area (Å²) in [7, 11) is 0. The van der Waals surface area contributed by atoms with Crippen molar-refractivity contribution in [1.29, 1.82) is 0 Å². The van der Waals surface area contributed by atoms with Crippen LogP contribution in [-0.4, -0.2) is 29.5 Å². The van der Waals surface area contributed by atoms with Crippen LogP contribution in [0.25, 0.3) is 0 Å². The van der Waals surface area contributed by atoms with Crippen LogP contribution in [0.3, 0.4) is 0 Å². The number of carbonyl (C=O) groups excluding carboxylic acids is 1. The Labute approximate surface area is 121 Å². The van der Waals surface area contributed by atoms with Gasteiger partial charge < -0.3 is 9.64 Å². The lowest BCUT2D eigenvalue weighted by Gasteiger charge is -2.39. The zero-order valence-electron chi connectivity index (χ0n) is 12.8. The molecule has 1 fully saturated rings. The average Bonchev–Trinajstić information content (AvgIpc) is 2.45. The van der Waals surface area contributed by atoms with Crippen molar-refractivity contribution in [2.24, 2.45) is 0 Å². The van der Waals surface area contributed by atoms with E-state index in [1.54, 1.807) is 0 Å². The van der Waals surface area contributed by atoms with Gasteiger partial charge in [0.05, 0.1) is 6.61 Å². The van der Waals surface area contributed by atoms with Crippen molar-refractivity contribution in [2.45, 2.75) is 58.5 Å². The van der Waals surface area contributed by atoms with Gasteiger partial charge in [-0.3, -0.25) is 4.79 Å². The third kappa shape index (κ3) is 3.33. The molecule has 0 radical (unpaired) electrons. The zero-order chi connectivity index (χ0) is 14.5. The van der Waals surface area contributed by atoms with E-state index in [0.29, 0.717) is 18.7 Å². The van der Waals surface area contributed by atoms with E-state index in [9.17, 15) is 4.79 Å². The van der Waals surface area contributed by atoms with Gasteiger partial charge in [-0.2, -0.15) is 0 Å². The molecule has 0 aliphatic carbocycles. The minimum absolute atomic E-state index is 0.145. The molecule has 1 amide bonds. The van der Waals surface area contributed by atoms with Crippen LogP contribution in [0.15, 0.2) is 24.3 Å². The topological polar surface area (TPSA) is 29.5 Å². The van der Waals surface area contributed by atoms with E-state index in [4.69, 9.17) is 4.74 Å². The molecule has 2 rings (SSSR count). The Kier molecular flexibility index (Phi) is 5.05. The van der Waals surface area contributed by atoms with Crippen LogP contribution in [0.1, 0.15) is 56.8 Å². The van der Waals surface area contributed by atoms with Gasteiger partial charge >= 0.3 is 0 Å². The molecular weight excluding hydrogens is 250 g/mol. The van der Waals surface area contributed by atoms with Crippen LogP contribution in [0.2, 0.25) is 0 Å². The molecule has 20 heavy (non-hydrogen) atoms. The van der Waals surface area contributed by atoms with Gasteiger partial charge in [-0.1, -0.05) is 6.92 Å². The van der Waals surface area contributed by atoms with Crippen molar-refractivity contribution >= 4 is 5.91 Å². The van der Waals surface area contributed by atoms with Crippen LogP contribution in [0.5, 0.6) is 5.75 Å². The van der Waals surface area contributed by atoms with Gasteiger partial charge in [-0.25, -0.2) is 0 Å². The number of ether oxygens (including phenoxy) is 1. The fourth-order valence-electron chi connectivity index (χ4n) is 2.88. The molecule has 110 valence electrons. The third-order valence-electron chi connectivity index (χ3n) is 4.00. The Bertz CT molecular complexity index is 431. The summed E-state index contributed by atoms with van der Waals surface area (Å²) in [5.41, 5.74) is 0.759. The van der Waals surface area contributed by atoms with E-state index >= 15 is 0 Å². The van der Waals surface area contributed by atoms with Crippen LogP contribution in [0, 0.1) is 0 Å². The van der Waals surface area contributed by atoms with Crippen molar-refractivity contribution in [1.82, 2.24) is 4.90 Å². The summed E-state index contributed by atoms with van der Waals surface area (Å²) in [5, 5.41) is 0. The number of hydrogen-bond acceptors (Lipinski definition) is 2. The van der Waals surface area contributed by atoms with Gasteiger partial charge in [0.15, 0.2) is 0 Å². The van der Waals surface area contributed by atoms with Crippen molar-refractivity contribution in [3.63, 3.8) is 0 Å². The molecule has 3 nitrogen and oxygen atoms in total. The molecule has 1 heterocycles. The van der Waals surface area contributed by atoms with E-state index in [0.717, 1.165) is 30.6 Å². The number of likely N-dealkylation sites (tertiary alicyclic amines) is 1. The maximum Gasteiger partial charge on any atom is 0.254 e. The third-order valence-corrected chi connectivity index (χ3v) is 4.00. The number of amides is 1. The number of benzene rings is 1. The Morgan fingerprint density at radius 3 is 2.35 bits per heavy atom. The summed E-state index contributed by atoms with van der Waals surface area (Å²) in [6.45, 7) is 7.09. The standard InChI is InChI=1S/C17H25NO2/c1-4-12-20-16-10-8-15(9-11-16)17(19)18-13(2)6-5-7-14(18)3/h8-11,13-14H,4-7,12H2,1-3H3. The highest BCUT2D eigenvalue weighted by atomic mass is 16.5. The van der Waals surface area contributed by atoms with Gasteiger partial charge in [-0.15, -0.1) is 0 Å². The van der Waals surface area contributed by atoms with E-state index in [1.807, 2.05) is 29.2 Å². The molecule has 1 aromatic carbocycles. The molecule has 0 bridgehead atoms. The lowest BCUT2D eigenvalue weighted by Crippen LogP contribution is -2.47. The molecule has 2 unspecified atom stereocenters. The molecule has 0 saturated carbocycles. The molecule has 1 aromatic rings. The minimum Gasteiger partial charge on any atom is -0.494 e. The van der Waals surface area contributed by atoms with E-state index in [1.165, 1.54) is 6.42 Å². The Morgan fingerprint density at radius 2 is 1.80 bits per heavy atom. The van der Waals surface area contributed by atoms with Gasteiger partial charge in [0.25, 0.3) is 5.91 Å². The normalized spacial score (nSPS) is 22.6. The first kappa shape index (κ1) is 14.9. The molecule has 1 aliphatic rings. The van der Waals surface area contributed by atoms with Crippen molar-refractivity contribution in [3.8, 4) is 5.75 Å². The van der Waals surface area contributed by atoms with Gasteiger partial charge in [0.1, 0.15) is 5.75 Å². The lowest BCUT2D eigenvalue weighted by atomic mass is 9.96. The maximum atomic E-state index is 12.6. The first-order valence-electron chi connectivity index (χ1n) is 7.69. The fourth-order valence-corrected chi connectivity index (χ4v) is 2.88. The molecule has 0 aromatic heterocycles. The summed E-state index contributed by atoms with van der Waals surface area (Å²) in [4.78, 5) is 14.7.